The van der Waals surface area contributed by atoms with Crippen molar-refractivity contribution in [1.29, 1.82) is 0 Å². The fraction of sp³-hybridized carbons (Fsp3) is 0.312. The van der Waals surface area contributed by atoms with Gasteiger partial charge in [0.2, 0.25) is 11.8 Å². The zero-order valence-electron chi connectivity index (χ0n) is 23.3. The lowest BCUT2D eigenvalue weighted by Gasteiger charge is -2.26. The molecule has 0 radical (unpaired) electrons. The minimum absolute atomic E-state index is 0.0876. The molecule has 10 heteroatoms. The number of aromatic carboxylic acids is 2. The number of carbonyl (C=O) groups is 4. The number of hydrogen-bond acceptors (Lipinski definition) is 6. The molecular weight excluding hydrogens is 572 g/mol. The Morgan fingerprint density at radius 2 is 0.952 bits per heavy atom. The van der Waals surface area contributed by atoms with Gasteiger partial charge >= 0.3 is 11.9 Å². The van der Waals surface area contributed by atoms with Crippen LogP contribution in [0.3, 0.4) is 0 Å². The molecule has 2 N–H and O–H groups in total. The highest BCUT2D eigenvalue weighted by Crippen LogP contribution is 2.46. The average molecular weight is 605 g/mol. The van der Waals surface area contributed by atoms with Gasteiger partial charge in [0.1, 0.15) is 10.7 Å². The third kappa shape index (κ3) is 6.34. The molecule has 3 aromatic rings. The summed E-state index contributed by atoms with van der Waals surface area (Å²) in [6.07, 6.45) is 1.25. The summed E-state index contributed by atoms with van der Waals surface area (Å²) in [6.45, 7) is 4.90. The molecule has 2 fully saturated rings. The summed E-state index contributed by atoms with van der Waals surface area (Å²) in [4.78, 5) is 52.2. The van der Waals surface area contributed by atoms with E-state index in [4.69, 9.17) is 10.2 Å². The number of amides is 2. The fourth-order valence-corrected chi connectivity index (χ4v) is 7.89. The van der Waals surface area contributed by atoms with Gasteiger partial charge in [-0.1, -0.05) is 48.5 Å². The van der Waals surface area contributed by atoms with Crippen LogP contribution in [0.25, 0.3) is 0 Å². The smallest absolute Gasteiger partial charge is 0.335 e. The number of hydrogen-bond donors (Lipinski definition) is 2. The normalized spacial score (nSPS) is 22.1. The maximum absolute atomic E-state index is 13.0. The van der Waals surface area contributed by atoms with E-state index in [0.717, 1.165) is 22.3 Å². The van der Waals surface area contributed by atoms with Crippen molar-refractivity contribution in [2.24, 2.45) is 0 Å². The highest BCUT2D eigenvalue weighted by Gasteiger charge is 2.40. The van der Waals surface area contributed by atoms with E-state index in [1.54, 1.807) is 72.1 Å². The zero-order chi connectivity index (χ0) is 30.0. The maximum atomic E-state index is 13.0. The molecule has 5 rings (SSSR count). The SMILES string of the molecule is CC1SC(c2ccc(C3SC(C)C(=O)N3CCc3ccc(C(=O)O)cc3)cc2)N(CCc2ccc(C(=O)O)cc2)C1=O. The van der Waals surface area contributed by atoms with Gasteiger partial charge in [-0.15, -0.1) is 23.5 Å². The van der Waals surface area contributed by atoms with Gasteiger partial charge in [-0.3, -0.25) is 9.59 Å². The largest absolute Gasteiger partial charge is 0.478 e. The van der Waals surface area contributed by atoms with Crippen LogP contribution in [0.2, 0.25) is 0 Å². The van der Waals surface area contributed by atoms with E-state index < -0.39 is 11.9 Å². The zero-order valence-corrected chi connectivity index (χ0v) is 24.9. The Bertz CT molecular complexity index is 1360. The van der Waals surface area contributed by atoms with Crippen molar-refractivity contribution in [1.82, 2.24) is 9.80 Å². The van der Waals surface area contributed by atoms with Crippen LogP contribution >= 0.6 is 23.5 Å². The molecule has 2 aliphatic rings. The number of rotatable bonds is 10. The molecule has 0 bridgehead atoms. The molecule has 4 unspecified atom stereocenters. The summed E-state index contributed by atoms with van der Waals surface area (Å²) in [7, 11) is 0. The predicted molar refractivity (Wildman–Crippen MR) is 164 cm³/mol. The van der Waals surface area contributed by atoms with Crippen LogP contribution in [0.15, 0.2) is 72.8 Å². The Morgan fingerprint density at radius 1 is 0.619 bits per heavy atom. The van der Waals surface area contributed by atoms with Gasteiger partial charge in [-0.2, -0.15) is 0 Å². The molecule has 3 aromatic carbocycles. The minimum Gasteiger partial charge on any atom is -0.478 e. The van der Waals surface area contributed by atoms with E-state index >= 15 is 0 Å². The summed E-state index contributed by atoms with van der Waals surface area (Å²) < 4.78 is 0. The van der Waals surface area contributed by atoms with Crippen LogP contribution in [0.5, 0.6) is 0 Å². The number of thioether (sulfide) groups is 2. The second kappa shape index (κ2) is 12.6. The second-order valence-corrected chi connectivity index (χ2v) is 13.3. The second-order valence-electron chi connectivity index (χ2n) is 10.5. The molecule has 42 heavy (non-hydrogen) atoms. The first kappa shape index (κ1) is 29.7. The molecule has 0 saturated carbocycles. The molecule has 8 nitrogen and oxygen atoms in total. The topological polar surface area (TPSA) is 115 Å². The molecule has 2 saturated heterocycles. The van der Waals surface area contributed by atoms with Crippen LogP contribution in [-0.4, -0.2) is 67.4 Å². The fourth-order valence-electron chi connectivity index (χ4n) is 5.27. The molecule has 4 atom stereocenters. The number of carbonyl (C=O) groups excluding carboxylic acids is 2. The first-order valence-corrected chi connectivity index (χ1v) is 15.7. The van der Waals surface area contributed by atoms with Gasteiger partial charge in [0.05, 0.1) is 21.6 Å². The van der Waals surface area contributed by atoms with Crippen LogP contribution in [0.1, 0.15) is 67.6 Å². The van der Waals surface area contributed by atoms with E-state index in [0.29, 0.717) is 25.9 Å². The third-order valence-electron chi connectivity index (χ3n) is 7.69. The van der Waals surface area contributed by atoms with Gasteiger partial charge < -0.3 is 20.0 Å². The molecule has 218 valence electrons. The van der Waals surface area contributed by atoms with Crippen LogP contribution in [-0.2, 0) is 22.4 Å². The predicted octanol–water partition coefficient (Wildman–Crippen LogP) is 5.49. The van der Waals surface area contributed by atoms with Crippen molar-refractivity contribution < 1.29 is 29.4 Å². The van der Waals surface area contributed by atoms with E-state index in [2.05, 4.69) is 0 Å². The summed E-state index contributed by atoms with van der Waals surface area (Å²) in [5, 5.41) is 17.7. The van der Waals surface area contributed by atoms with E-state index in [1.165, 1.54) is 0 Å². The van der Waals surface area contributed by atoms with Crippen molar-refractivity contribution in [2.75, 3.05) is 13.1 Å². The number of nitrogens with zero attached hydrogens (tertiary/aromatic N) is 2. The van der Waals surface area contributed by atoms with Gasteiger partial charge in [-0.05, 0) is 73.2 Å². The van der Waals surface area contributed by atoms with E-state index in [9.17, 15) is 19.2 Å². The lowest BCUT2D eigenvalue weighted by molar-refractivity contribution is -0.130. The Morgan fingerprint density at radius 3 is 1.26 bits per heavy atom. The van der Waals surface area contributed by atoms with Gasteiger partial charge in [0.25, 0.3) is 0 Å². The summed E-state index contributed by atoms with van der Waals surface area (Å²) in [6, 6.07) is 21.7. The third-order valence-corrected chi connectivity index (χ3v) is 10.5. The molecule has 2 amide bonds. The molecule has 0 aromatic heterocycles. The molecular formula is C32H32N2O6S2. The lowest BCUT2D eigenvalue weighted by atomic mass is 10.1. The highest BCUT2D eigenvalue weighted by molar-refractivity contribution is 8.01. The summed E-state index contributed by atoms with van der Waals surface area (Å²) in [5.41, 5.74) is 4.47. The first-order chi connectivity index (χ1) is 20.1. The van der Waals surface area contributed by atoms with Crippen molar-refractivity contribution >= 4 is 47.3 Å². The number of carboxylic acid groups (broad SMARTS) is 2. The number of carboxylic acids is 2. The molecule has 2 aliphatic heterocycles. The van der Waals surface area contributed by atoms with E-state index in [-0.39, 0.29) is 44.2 Å². The molecule has 0 aliphatic carbocycles. The average Bonchev–Trinajstić information content (AvgIpc) is 3.44. The summed E-state index contributed by atoms with van der Waals surface area (Å²) >= 11 is 3.23. The monoisotopic (exact) mass is 604 g/mol. The Kier molecular flexibility index (Phi) is 8.93. The Hall–Kier alpha value is -3.76. The lowest BCUT2D eigenvalue weighted by Crippen LogP contribution is -2.32. The van der Waals surface area contributed by atoms with Gasteiger partial charge in [-0.25, -0.2) is 9.59 Å². The highest BCUT2D eigenvalue weighted by atomic mass is 32.2. The van der Waals surface area contributed by atoms with E-state index in [1.807, 2.05) is 47.9 Å². The van der Waals surface area contributed by atoms with Crippen LogP contribution < -0.4 is 0 Å². The first-order valence-electron chi connectivity index (χ1n) is 13.8. The van der Waals surface area contributed by atoms with Gasteiger partial charge in [0, 0.05) is 13.1 Å². The van der Waals surface area contributed by atoms with Crippen molar-refractivity contribution in [3.05, 3.63) is 106 Å². The van der Waals surface area contributed by atoms with Crippen molar-refractivity contribution in [3.63, 3.8) is 0 Å². The van der Waals surface area contributed by atoms with Crippen molar-refractivity contribution in [3.8, 4) is 0 Å². The van der Waals surface area contributed by atoms with Crippen LogP contribution in [0.4, 0.5) is 0 Å². The number of benzene rings is 3. The Labute approximate surface area is 253 Å². The molecule has 2 heterocycles. The quantitative estimate of drug-likeness (QED) is 0.312. The standard InChI is InChI=1S/C32H32N2O6S2/c1-19-27(35)33(17-15-21-3-7-25(8-4-21)31(37)38)29(41-19)23-11-13-24(14-12-23)30-34(28(36)20(2)42-30)18-16-22-5-9-26(10-6-22)32(39)40/h3-14,19-20,29-30H,15-18H2,1-2H3,(H,37,38)(H,39,40). The Balaban J connectivity index is 1.27. The van der Waals surface area contributed by atoms with Crippen LogP contribution in [0, 0.1) is 0 Å². The van der Waals surface area contributed by atoms with Gasteiger partial charge in [0.15, 0.2) is 0 Å². The van der Waals surface area contributed by atoms with Crippen molar-refractivity contribution in [2.45, 2.75) is 47.9 Å². The minimum atomic E-state index is -0.963. The molecule has 0 spiro atoms. The summed E-state index contributed by atoms with van der Waals surface area (Å²) in [5.74, 6) is -1.75. The maximum Gasteiger partial charge on any atom is 0.335 e.